The Morgan fingerprint density at radius 3 is 2.00 bits per heavy atom. The van der Waals surface area contributed by atoms with Crippen LogP contribution < -0.4 is 5.32 Å². The molecule has 3 heteroatoms. The van der Waals surface area contributed by atoms with Gasteiger partial charge in [-0.2, -0.15) is 0 Å². The van der Waals surface area contributed by atoms with Crippen LogP contribution in [0.3, 0.4) is 0 Å². The second kappa shape index (κ2) is 6.97. The maximum atomic E-state index is 13.1. The van der Waals surface area contributed by atoms with Crippen molar-refractivity contribution in [3.05, 3.63) is 99.5 Å². The molecule has 1 amide bonds. The lowest BCUT2D eigenvalue weighted by molar-refractivity contribution is -0.117. The first-order chi connectivity index (χ1) is 13.0. The number of benzene rings is 3. The van der Waals surface area contributed by atoms with Gasteiger partial charge in [0, 0.05) is 15.6 Å². The standard InChI is InChI=1S/C24H22BrNO/c1-16-5-3-7-18(13-16)24(19-8-4-6-17(2)14-19)15-22(24)23(27)26-21-11-9-20(25)10-12-21/h3-14,22H,15H2,1-2H3,(H,26,27)/t22-/m1/s1. The molecule has 4 rings (SSSR count). The summed E-state index contributed by atoms with van der Waals surface area (Å²) in [6.07, 6.45) is 0.836. The van der Waals surface area contributed by atoms with Gasteiger partial charge < -0.3 is 5.32 Å². The molecule has 0 saturated heterocycles. The van der Waals surface area contributed by atoms with E-state index in [0.717, 1.165) is 16.6 Å². The Labute approximate surface area is 168 Å². The molecule has 0 unspecified atom stereocenters. The van der Waals surface area contributed by atoms with Gasteiger partial charge in [-0.05, 0) is 55.7 Å². The van der Waals surface area contributed by atoms with E-state index in [1.165, 1.54) is 22.3 Å². The van der Waals surface area contributed by atoms with E-state index in [4.69, 9.17) is 0 Å². The first-order valence-corrected chi connectivity index (χ1v) is 9.99. The van der Waals surface area contributed by atoms with E-state index in [9.17, 15) is 4.79 Å². The third kappa shape index (κ3) is 3.44. The van der Waals surface area contributed by atoms with E-state index >= 15 is 0 Å². The molecule has 0 radical (unpaired) electrons. The maximum Gasteiger partial charge on any atom is 0.228 e. The molecule has 0 heterocycles. The number of halogens is 1. The molecular formula is C24H22BrNO. The van der Waals surface area contributed by atoms with Crippen LogP contribution >= 0.6 is 15.9 Å². The highest BCUT2D eigenvalue weighted by Crippen LogP contribution is 2.59. The number of rotatable bonds is 4. The van der Waals surface area contributed by atoms with Gasteiger partial charge in [-0.15, -0.1) is 0 Å². The minimum absolute atomic E-state index is 0.0650. The lowest BCUT2D eigenvalue weighted by Crippen LogP contribution is -2.22. The van der Waals surface area contributed by atoms with Crippen LogP contribution in [0.1, 0.15) is 28.7 Å². The van der Waals surface area contributed by atoms with Crippen molar-refractivity contribution in [2.24, 2.45) is 5.92 Å². The molecule has 0 aromatic heterocycles. The van der Waals surface area contributed by atoms with Crippen LogP contribution in [0.2, 0.25) is 0 Å². The van der Waals surface area contributed by atoms with Crippen molar-refractivity contribution in [2.75, 3.05) is 5.32 Å². The number of hydrogen-bond acceptors (Lipinski definition) is 1. The van der Waals surface area contributed by atoms with Crippen molar-refractivity contribution in [3.8, 4) is 0 Å². The Kier molecular flexibility index (Phi) is 4.65. The Bertz CT molecular complexity index is 948. The van der Waals surface area contributed by atoms with Gasteiger partial charge in [0.25, 0.3) is 0 Å². The van der Waals surface area contributed by atoms with Crippen LogP contribution in [0.25, 0.3) is 0 Å². The molecule has 27 heavy (non-hydrogen) atoms. The fourth-order valence-corrected chi connectivity index (χ4v) is 4.26. The lowest BCUT2D eigenvalue weighted by atomic mass is 9.84. The number of anilines is 1. The third-order valence-electron chi connectivity index (χ3n) is 5.46. The topological polar surface area (TPSA) is 29.1 Å². The number of hydrogen-bond donors (Lipinski definition) is 1. The average Bonchev–Trinajstić information content (AvgIpc) is 3.41. The molecule has 3 aromatic rings. The van der Waals surface area contributed by atoms with E-state index in [1.54, 1.807) is 0 Å². The Morgan fingerprint density at radius 2 is 1.48 bits per heavy atom. The number of amides is 1. The van der Waals surface area contributed by atoms with Crippen LogP contribution in [-0.2, 0) is 10.2 Å². The molecular weight excluding hydrogens is 398 g/mol. The molecule has 3 aromatic carbocycles. The summed E-state index contributed by atoms with van der Waals surface area (Å²) in [6.45, 7) is 4.21. The zero-order chi connectivity index (χ0) is 19.0. The molecule has 1 N–H and O–H groups in total. The highest BCUT2D eigenvalue weighted by Gasteiger charge is 2.60. The quantitative estimate of drug-likeness (QED) is 0.550. The lowest BCUT2D eigenvalue weighted by Gasteiger charge is -2.20. The Hall–Kier alpha value is -2.39. The summed E-state index contributed by atoms with van der Waals surface area (Å²) in [5.41, 5.74) is 5.49. The Balaban J connectivity index is 1.69. The fraction of sp³-hybridized carbons (Fsp3) is 0.208. The first kappa shape index (κ1) is 18.0. The molecule has 1 fully saturated rings. The normalized spacial score (nSPS) is 17.4. The molecule has 1 aliphatic rings. The molecule has 1 aliphatic carbocycles. The van der Waals surface area contributed by atoms with Crippen molar-refractivity contribution < 1.29 is 4.79 Å². The summed E-state index contributed by atoms with van der Waals surface area (Å²) in [5.74, 6) is 0.0186. The zero-order valence-electron chi connectivity index (χ0n) is 15.5. The second-order valence-electron chi connectivity index (χ2n) is 7.46. The van der Waals surface area contributed by atoms with Crippen molar-refractivity contribution in [3.63, 3.8) is 0 Å². The number of nitrogens with one attached hydrogen (secondary N) is 1. The first-order valence-electron chi connectivity index (χ1n) is 9.20. The maximum absolute atomic E-state index is 13.1. The van der Waals surface area contributed by atoms with Gasteiger partial charge >= 0.3 is 0 Å². The number of carbonyl (C=O) groups excluding carboxylic acids is 1. The summed E-state index contributed by atoms with van der Waals surface area (Å²) in [7, 11) is 0. The second-order valence-corrected chi connectivity index (χ2v) is 8.38. The van der Waals surface area contributed by atoms with Gasteiger partial charge in [-0.25, -0.2) is 0 Å². The zero-order valence-corrected chi connectivity index (χ0v) is 17.1. The van der Waals surface area contributed by atoms with Gasteiger partial charge in [0.05, 0.1) is 5.92 Å². The predicted octanol–water partition coefficient (Wildman–Crippen LogP) is 6.01. The van der Waals surface area contributed by atoms with Crippen LogP contribution in [0.5, 0.6) is 0 Å². The van der Waals surface area contributed by atoms with E-state index in [2.05, 4.69) is 83.6 Å². The van der Waals surface area contributed by atoms with Gasteiger partial charge in [0.15, 0.2) is 0 Å². The van der Waals surface area contributed by atoms with Crippen LogP contribution in [0, 0.1) is 19.8 Å². The highest BCUT2D eigenvalue weighted by molar-refractivity contribution is 9.10. The smallest absolute Gasteiger partial charge is 0.228 e. The molecule has 0 bridgehead atoms. The van der Waals surface area contributed by atoms with Gasteiger partial charge in [-0.3, -0.25) is 4.79 Å². The Morgan fingerprint density at radius 1 is 0.926 bits per heavy atom. The molecule has 136 valence electrons. The predicted molar refractivity (Wildman–Crippen MR) is 114 cm³/mol. The summed E-state index contributed by atoms with van der Waals surface area (Å²) < 4.78 is 1.00. The fourth-order valence-electron chi connectivity index (χ4n) is 3.99. The summed E-state index contributed by atoms with van der Waals surface area (Å²) in [5, 5.41) is 3.09. The monoisotopic (exact) mass is 419 g/mol. The van der Waals surface area contributed by atoms with Crippen molar-refractivity contribution in [1.29, 1.82) is 0 Å². The van der Waals surface area contributed by atoms with Crippen molar-refractivity contribution in [2.45, 2.75) is 25.7 Å². The molecule has 2 nitrogen and oxygen atoms in total. The summed E-state index contributed by atoms with van der Waals surface area (Å²) in [4.78, 5) is 13.1. The van der Waals surface area contributed by atoms with Gasteiger partial charge in [0.2, 0.25) is 5.91 Å². The van der Waals surface area contributed by atoms with Gasteiger partial charge in [0.1, 0.15) is 0 Å². The van der Waals surface area contributed by atoms with E-state index in [0.29, 0.717) is 0 Å². The number of aryl methyl sites for hydroxylation is 2. The molecule has 0 aliphatic heterocycles. The van der Waals surface area contributed by atoms with Crippen LogP contribution in [-0.4, -0.2) is 5.91 Å². The van der Waals surface area contributed by atoms with E-state index in [-0.39, 0.29) is 17.2 Å². The SMILES string of the molecule is Cc1cccc(C2(c3cccc(C)c3)C[C@@H]2C(=O)Nc2ccc(Br)cc2)c1. The summed E-state index contributed by atoms with van der Waals surface area (Å²) >= 11 is 3.43. The van der Waals surface area contributed by atoms with Gasteiger partial charge in [-0.1, -0.05) is 75.6 Å². The molecule has 1 saturated carbocycles. The van der Waals surface area contributed by atoms with Crippen molar-refractivity contribution in [1.82, 2.24) is 0 Å². The van der Waals surface area contributed by atoms with Crippen molar-refractivity contribution >= 4 is 27.5 Å². The summed E-state index contributed by atoms with van der Waals surface area (Å²) in [6, 6.07) is 24.9. The third-order valence-corrected chi connectivity index (χ3v) is 5.98. The number of carbonyl (C=O) groups is 1. The van der Waals surface area contributed by atoms with E-state index < -0.39 is 0 Å². The average molecular weight is 420 g/mol. The van der Waals surface area contributed by atoms with Crippen LogP contribution in [0.4, 0.5) is 5.69 Å². The molecule has 1 atom stereocenters. The van der Waals surface area contributed by atoms with E-state index in [1.807, 2.05) is 24.3 Å². The highest BCUT2D eigenvalue weighted by atomic mass is 79.9. The molecule has 0 spiro atoms. The largest absolute Gasteiger partial charge is 0.326 e. The minimum Gasteiger partial charge on any atom is -0.326 e. The van der Waals surface area contributed by atoms with Crippen LogP contribution in [0.15, 0.2) is 77.3 Å². The minimum atomic E-state index is -0.239.